The first-order valence-electron chi connectivity index (χ1n) is 9.78. The van der Waals surface area contributed by atoms with Gasteiger partial charge in [0.15, 0.2) is 0 Å². The number of hydrogen-bond donors (Lipinski definition) is 1. The fraction of sp³-hybridized carbons (Fsp3) is 0.261. The number of carbonyl (C=O) groups excluding carboxylic acids is 1. The zero-order valence-corrected chi connectivity index (χ0v) is 15.8. The van der Waals surface area contributed by atoms with E-state index in [1.54, 1.807) is 12.4 Å². The van der Waals surface area contributed by atoms with Crippen LogP contribution in [-0.2, 0) is 6.54 Å². The average Bonchev–Trinajstić information content (AvgIpc) is 2.79. The molecule has 5 heteroatoms. The van der Waals surface area contributed by atoms with Crippen molar-refractivity contribution in [3.05, 3.63) is 78.2 Å². The summed E-state index contributed by atoms with van der Waals surface area (Å²) in [5, 5.41) is 2.93. The molecule has 1 aliphatic rings. The normalized spacial score (nSPS) is 13.9. The summed E-state index contributed by atoms with van der Waals surface area (Å²) in [6, 6.07) is 15.6. The highest BCUT2D eigenvalue weighted by Crippen LogP contribution is 2.23. The Morgan fingerprint density at radius 1 is 0.893 bits per heavy atom. The summed E-state index contributed by atoms with van der Waals surface area (Å²) >= 11 is 0. The monoisotopic (exact) mass is 372 g/mol. The standard InChI is InChI=1S/C23H24N4O/c28-23(26-16-18-10-12-24-13-11-18)20-6-4-19(5-7-20)21-8-9-22(25-17-21)27-14-2-1-3-15-27/h4-13,17H,1-3,14-16H2,(H,26,28). The number of rotatable bonds is 5. The summed E-state index contributed by atoms with van der Waals surface area (Å²) in [6.45, 7) is 2.68. The van der Waals surface area contributed by atoms with Crippen molar-refractivity contribution >= 4 is 11.7 Å². The number of amides is 1. The number of benzene rings is 1. The van der Waals surface area contributed by atoms with Crippen LogP contribution in [0, 0.1) is 0 Å². The van der Waals surface area contributed by atoms with Crippen molar-refractivity contribution in [1.82, 2.24) is 15.3 Å². The van der Waals surface area contributed by atoms with Crippen LogP contribution >= 0.6 is 0 Å². The van der Waals surface area contributed by atoms with Crippen molar-refractivity contribution in [2.45, 2.75) is 25.8 Å². The quantitative estimate of drug-likeness (QED) is 0.734. The lowest BCUT2D eigenvalue weighted by atomic mass is 10.0. The summed E-state index contributed by atoms with van der Waals surface area (Å²) in [6.07, 6.45) is 9.17. The van der Waals surface area contributed by atoms with Crippen LogP contribution in [0.1, 0.15) is 35.2 Å². The minimum atomic E-state index is -0.0815. The maximum atomic E-state index is 12.3. The molecule has 0 saturated carbocycles. The molecule has 28 heavy (non-hydrogen) atoms. The molecule has 4 rings (SSSR count). The molecule has 1 saturated heterocycles. The summed E-state index contributed by atoms with van der Waals surface area (Å²) in [7, 11) is 0. The molecule has 3 heterocycles. The molecule has 0 atom stereocenters. The van der Waals surface area contributed by atoms with Crippen molar-refractivity contribution in [3.63, 3.8) is 0 Å². The molecule has 1 N–H and O–H groups in total. The predicted octanol–water partition coefficient (Wildman–Crippen LogP) is 4.06. The Labute approximate surface area is 165 Å². The Bertz CT molecular complexity index is 902. The van der Waals surface area contributed by atoms with Crippen LogP contribution in [0.25, 0.3) is 11.1 Å². The third-order valence-corrected chi connectivity index (χ3v) is 5.11. The van der Waals surface area contributed by atoms with Gasteiger partial charge in [-0.3, -0.25) is 9.78 Å². The number of hydrogen-bond acceptors (Lipinski definition) is 4. The van der Waals surface area contributed by atoms with Gasteiger partial charge in [0.1, 0.15) is 5.82 Å². The van der Waals surface area contributed by atoms with Gasteiger partial charge in [-0.15, -0.1) is 0 Å². The van der Waals surface area contributed by atoms with Crippen LogP contribution in [0.4, 0.5) is 5.82 Å². The zero-order chi connectivity index (χ0) is 19.2. The number of nitrogens with one attached hydrogen (secondary N) is 1. The summed E-state index contributed by atoms with van der Waals surface area (Å²) in [5.74, 6) is 0.970. The average molecular weight is 372 g/mol. The molecule has 0 radical (unpaired) electrons. The van der Waals surface area contributed by atoms with Crippen molar-refractivity contribution < 1.29 is 4.79 Å². The van der Waals surface area contributed by atoms with E-state index in [1.165, 1.54) is 19.3 Å². The number of anilines is 1. The van der Waals surface area contributed by atoms with Gasteiger partial charge < -0.3 is 10.2 Å². The van der Waals surface area contributed by atoms with E-state index in [2.05, 4.69) is 32.3 Å². The highest BCUT2D eigenvalue weighted by molar-refractivity contribution is 5.94. The van der Waals surface area contributed by atoms with Gasteiger partial charge in [0, 0.05) is 49.4 Å². The molecular formula is C23H24N4O. The molecule has 3 aromatic rings. The van der Waals surface area contributed by atoms with Crippen molar-refractivity contribution in [2.24, 2.45) is 0 Å². The number of pyridine rings is 2. The van der Waals surface area contributed by atoms with Crippen LogP contribution in [-0.4, -0.2) is 29.0 Å². The first-order chi connectivity index (χ1) is 13.8. The van der Waals surface area contributed by atoms with E-state index in [-0.39, 0.29) is 5.91 Å². The largest absolute Gasteiger partial charge is 0.357 e. The molecule has 1 amide bonds. The maximum Gasteiger partial charge on any atom is 0.251 e. The van der Waals surface area contributed by atoms with Gasteiger partial charge in [-0.2, -0.15) is 0 Å². The van der Waals surface area contributed by atoms with E-state index in [0.29, 0.717) is 12.1 Å². The molecule has 0 bridgehead atoms. The molecule has 1 fully saturated rings. The second-order valence-electron chi connectivity index (χ2n) is 7.07. The molecule has 5 nitrogen and oxygen atoms in total. The fourth-order valence-corrected chi connectivity index (χ4v) is 3.47. The minimum Gasteiger partial charge on any atom is -0.357 e. The molecule has 0 unspecified atom stereocenters. The Morgan fingerprint density at radius 2 is 1.61 bits per heavy atom. The second-order valence-corrected chi connectivity index (χ2v) is 7.07. The lowest BCUT2D eigenvalue weighted by Crippen LogP contribution is -2.29. The SMILES string of the molecule is O=C(NCc1ccncc1)c1ccc(-c2ccc(N3CCCCC3)nc2)cc1. The highest BCUT2D eigenvalue weighted by Gasteiger charge is 2.12. The molecule has 1 aliphatic heterocycles. The molecule has 1 aromatic carbocycles. The Kier molecular flexibility index (Phi) is 5.61. The third-order valence-electron chi connectivity index (χ3n) is 5.11. The van der Waals surface area contributed by atoms with Crippen LogP contribution in [0.5, 0.6) is 0 Å². The van der Waals surface area contributed by atoms with Crippen molar-refractivity contribution in [3.8, 4) is 11.1 Å². The van der Waals surface area contributed by atoms with Gasteiger partial charge in [-0.25, -0.2) is 4.98 Å². The van der Waals surface area contributed by atoms with Gasteiger partial charge in [-0.1, -0.05) is 12.1 Å². The van der Waals surface area contributed by atoms with E-state index in [9.17, 15) is 4.79 Å². The van der Waals surface area contributed by atoms with Gasteiger partial charge in [0.2, 0.25) is 0 Å². The summed E-state index contributed by atoms with van der Waals surface area (Å²) in [5.41, 5.74) is 3.79. The van der Waals surface area contributed by atoms with Crippen LogP contribution < -0.4 is 10.2 Å². The van der Waals surface area contributed by atoms with Gasteiger partial charge in [0.05, 0.1) is 0 Å². The van der Waals surface area contributed by atoms with Crippen molar-refractivity contribution in [1.29, 1.82) is 0 Å². The lowest BCUT2D eigenvalue weighted by Gasteiger charge is -2.27. The smallest absolute Gasteiger partial charge is 0.251 e. The van der Waals surface area contributed by atoms with E-state index >= 15 is 0 Å². The molecule has 142 valence electrons. The first kappa shape index (κ1) is 18.2. The van der Waals surface area contributed by atoms with Crippen LogP contribution in [0.15, 0.2) is 67.1 Å². The van der Waals surface area contributed by atoms with Gasteiger partial charge >= 0.3 is 0 Å². The number of piperidine rings is 1. The van der Waals surface area contributed by atoms with Gasteiger partial charge in [0.25, 0.3) is 5.91 Å². The second kappa shape index (κ2) is 8.65. The maximum absolute atomic E-state index is 12.3. The van der Waals surface area contributed by atoms with Crippen LogP contribution in [0.3, 0.4) is 0 Å². The van der Waals surface area contributed by atoms with Gasteiger partial charge in [-0.05, 0) is 66.8 Å². The van der Waals surface area contributed by atoms with E-state index in [1.807, 2.05) is 42.6 Å². The third kappa shape index (κ3) is 4.36. The van der Waals surface area contributed by atoms with E-state index < -0.39 is 0 Å². The number of carbonyl (C=O) groups is 1. The number of nitrogens with zero attached hydrogens (tertiary/aromatic N) is 3. The topological polar surface area (TPSA) is 58.1 Å². The number of aromatic nitrogens is 2. The van der Waals surface area contributed by atoms with Crippen LogP contribution in [0.2, 0.25) is 0 Å². The van der Waals surface area contributed by atoms with E-state index in [0.717, 1.165) is 35.6 Å². The molecular weight excluding hydrogens is 348 g/mol. The zero-order valence-electron chi connectivity index (χ0n) is 15.8. The molecule has 0 aliphatic carbocycles. The summed E-state index contributed by atoms with van der Waals surface area (Å²) in [4.78, 5) is 23.3. The predicted molar refractivity (Wildman–Crippen MR) is 111 cm³/mol. The Morgan fingerprint density at radius 3 is 2.29 bits per heavy atom. The molecule has 0 spiro atoms. The first-order valence-corrected chi connectivity index (χ1v) is 9.78. The molecule has 2 aromatic heterocycles. The lowest BCUT2D eigenvalue weighted by molar-refractivity contribution is 0.0951. The Balaban J connectivity index is 1.39. The minimum absolute atomic E-state index is 0.0815. The van der Waals surface area contributed by atoms with E-state index in [4.69, 9.17) is 0 Å². The highest BCUT2D eigenvalue weighted by atomic mass is 16.1. The Hall–Kier alpha value is -3.21. The fourth-order valence-electron chi connectivity index (χ4n) is 3.47. The summed E-state index contributed by atoms with van der Waals surface area (Å²) < 4.78 is 0. The van der Waals surface area contributed by atoms with Crippen molar-refractivity contribution in [2.75, 3.05) is 18.0 Å².